The van der Waals surface area contributed by atoms with Crippen molar-refractivity contribution >= 4 is 22.8 Å². The van der Waals surface area contributed by atoms with Gasteiger partial charge in [-0.2, -0.15) is 0 Å². The summed E-state index contributed by atoms with van der Waals surface area (Å²) in [6.07, 6.45) is 11.5. The average Bonchev–Trinajstić information content (AvgIpc) is 2.66. The summed E-state index contributed by atoms with van der Waals surface area (Å²) in [6, 6.07) is 8.36. The lowest BCUT2D eigenvalue weighted by atomic mass is 9.85. The third-order valence-electron chi connectivity index (χ3n) is 4.91. The molecular formula is C22H31NO2S. The number of carbonyl (C=O) groups excluding carboxylic acids is 2. The first-order valence-corrected chi connectivity index (χ1v) is 10.8. The minimum absolute atomic E-state index is 0.0609. The number of hydrogen-bond donors (Lipinski definition) is 1. The summed E-state index contributed by atoms with van der Waals surface area (Å²) in [5.74, 6) is -0.0430. The zero-order valence-electron chi connectivity index (χ0n) is 15.8. The summed E-state index contributed by atoms with van der Waals surface area (Å²) < 4.78 is 0. The Labute approximate surface area is 162 Å². The van der Waals surface area contributed by atoms with E-state index in [-0.39, 0.29) is 16.9 Å². The summed E-state index contributed by atoms with van der Waals surface area (Å²) >= 11 is 1.16. The predicted molar refractivity (Wildman–Crippen MR) is 110 cm³/mol. The van der Waals surface area contributed by atoms with Gasteiger partial charge >= 0.3 is 0 Å². The van der Waals surface area contributed by atoms with Gasteiger partial charge in [0.2, 0.25) is 5.91 Å². The summed E-state index contributed by atoms with van der Waals surface area (Å²) in [5, 5.41) is 4.69. The maximum Gasteiger partial charge on any atom is 0.244 e. The Morgan fingerprint density at radius 3 is 2.65 bits per heavy atom. The van der Waals surface area contributed by atoms with Crippen LogP contribution in [0.15, 0.2) is 35.7 Å². The van der Waals surface area contributed by atoms with Crippen molar-refractivity contribution in [2.45, 2.75) is 64.7 Å². The molecular weight excluding hydrogens is 342 g/mol. The lowest BCUT2D eigenvalue weighted by Crippen LogP contribution is -2.22. The molecule has 1 aliphatic rings. The third-order valence-corrected chi connectivity index (χ3v) is 5.75. The first-order chi connectivity index (χ1) is 12.7. The van der Waals surface area contributed by atoms with Gasteiger partial charge in [-0.1, -0.05) is 75.1 Å². The highest BCUT2D eigenvalue weighted by Gasteiger charge is 2.24. The van der Waals surface area contributed by atoms with Crippen molar-refractivity contribution in [1.82, 2.24) is 5.32 Å². The normalized spacial score (nSPS) is 16.4. The Morgan fingerprint density at radius 2 is 1.85 bits per heavy atom. The molecule has 1 atom stereocenters. The van der Waals surface area contributed by atoms with Gasteiger partial charge in [0.1, 0.15) is 0 Å². The number of rotatable bonds is 10. The Bertz CT molecular complexity index is 612. The summed E-state index contributed by atoms with van der Waals surface area (Å²) in [6.45, 7) is 2.93. The van der Waals surface area contributed by atoms with Crippen LogP contribution >= 0.6 is 11.8 Å². The van der Waals surface area contributed by atoms with Crippen LogP contribution in [0.3, 0.4) is 0 Å². The quantitative estimate of drug-likeness (QED) is 0.461. The minimum atomic E-state index is -0.104. The topological polar surface area (TPSA) is 46.2 Å². The van der Waals surface area contributed by atoms with E-state index in [1.165, 1.54) is 49.3 Å². The Kier molecular flexibility index (Phi) is 9.54. The zero-order chi connectivity index (χ0) is 18.6. The van der Waals surface area contributed by atoms with Crippen LogP contribution in [0.1, 0.15) is 63.0 Å². The molecule has 0 radical (unpaired) electrons. The van der Waals surface area contributed by atoms with Crippen molar-refractivity contribution in [1.29, 1.82) is 0 Å². The number of unbranched alkanes of at least 4 members (excludes halogenated alkanes) is 5. The van der Waals surface area contributed by atoms with Crippen molar-refractivity contribution in [2.75, 3.05) is 6.54 Å². The summed E-state index contributed by atoms with van der Waals surface area (Å²) in [7, 11) is 0. The number of benzene rings is 1. The molecule has 0 bridgehead atoms. The number of thioether (sulfide) groups is 1. The molecule has 1 aliphatic carbocycles. The molecule has 1 aromatic carbocycles. The molecule has 2 rings (SSSR count). The number of fused-ring (bicyclic) bond motifs is 1. The largest absolute Gasteiger partial charge is 0.353 e. The van der Waals surface area contributed by atoms with E-state index in [2.05, 4.69) is 30.4 Å². The van der Waals surface area contributed by atoms with Gasteiger partial charge < -0.3 is 5.32 Å². The molecule has 1 N–H and O–H groups in total. The first kappa shape index (κ1) is 20.8. The van der Waals surface area contributed by atoms with E-state index < -0.39 is 0 Å². The molecule has 3 nitrogen and oxygen atoms in total. The van der Waals surface area contributed by atoms with Crippen LogP contribution in [0.5, 0.6) is 0 Å². The number of carbonyl (C=O) groups is 2. The highest BCUT2D eigenvalue weighted by molar-refractivity contribution is 8.16. The number of aryl methyl sites for hydroxylation is 1. The van der Waals surface area contributed by atoms with Crippen LogP contribution in [0.25, 0.3) is 0 Å². The van der Waals surface area contributed by atoms with E-state index in [9.17, 15) is 9.59 Å². The fraction of sp³-hybridized carbons (Fsp3) is 0.545. The molecule has 1 unspecified atom stereocenters. The molecule has 4 heteroatoms. The van der Waals surface area contributed by atoms with Crippen LogP contribution in [-0.2, 0) is 22.4 Å². The van der Waals surface area contributed by atoms with E-state index in [1.807, 2.05) is 6.07 Å². The van der Waals surface area contributed by atoms with Gasteiger partial charge in [-0.3, -0.25) is 9.59 Å². The molecule has 142 valence electrons. The zero-order valence-corrected chi connectivity index (χ0v) is 16.7. The highest BCUT2D eigenvalue weighted by atomic mass is 32.2. The van der Waals surface area contributed by atoms with Crippen molar-refractivity contribution in [3.8, 4) is 0 Å². The summed E-state index contributed by atoms with van der Waals surface area (Å²) in [5.41, 5.74) is 2.66. The molecule has 0 fully saturated rings. The second-order valence-electron chi connectivity index (χ2n) is 7.01. The fourth-order valence-corrected chi connectivity index (χ4v) is 4.05. The van der Waals surface area contributed by atoms with Gasteiger partial charge in [0, 0.05) is 18.5 Å². The minimum Gasteiger partial charge on any atom is -0.353 e. The van der Waals surface area contributed by atoms with E-state index >= 15 is 0 Å². The van der Waals surface area contributed by atoms with Crippen LogP contribution in [0.4, 0.5) is 0 Å². The number of amides is 1. The van der Waals surface area contributed by atoms with Crippen molar-refractivity contribution in [3.63, 3.8) is 0 Å². The van der Waals surface area contributed by atoms with Crippen molar-refractivity contribution in [2.24, 2.45) is 5.92 Å². The van der Waals surface area contributed by atoms with Crippen LogP contribution in [0.2, 0.25) is 0 Å². The Hall–Kier alpha value is -1.55. The second-order valence-corrected chi connectivity index (χ2v) is 7.92. The summed E-state index contributed by atoms with van der Waals surface area (Å²) in [4.78, 5) is 24.1. The molecule has 0 saturated heterocycles. The van der Waals surface area contributed by atoms with E-state index in [1.54, 1.807) is 5.41 Å². The average molecular weight is 374 g/mol. The molecule has 1 amide bonds. The lowest BCUT2D eigenvalue weighted by Gasteiger charge is -2.22. The maximum atomic E-state index is 12.4. The first-order valence-electron chi connectivity index (χ1n) is 9.92. The monoisotopic (exact) mass is 373 g/mol. The van der Waals surface area contributed by atoms with E-state index in [4.69, 9.17) is 0 Å². The SMILES string of the molecule is CCCCCCCCNC(=O)/C=C\SC(=O)C1CCc2ccccc2C1. The molecule has 26 heavy (non-hydrogen) atoms. The van der Waals surface area contributed by atoms with E-state index in [0.29, 0.717) is 6.54 Å². The van der Waals surface area contributed by atoms with Gasteiger partial charge in [-0.15, -0.1) is 0 Å². The molecule has 0 aromatic heterocycles. The molecule has 0 aliphatic heterocycles. The molecule has 1 aromatic rings. The predicted octanol–water partition coefficient (Wildman–Crippen LogP) is 5.04. The van der Waals surface area contributed by atoms with Crippen LogP contribution < -0.4 is 5.32 Å². The third kappa shape index (κ3) is 7.36. The Morgan fingerprint density at radius 1 is 1.12 bits per heavy atom. The van der Waals surface area contributed by atoms with E-state index in [0.717, 1.165) is 37.4 Å². The van der Waals surface area contributed by atoms with Gasteiger partial charge in [-0.05, 0) is 42.2 Å². The smallest absolute Gasteiger partial charge is 0.244 e. The molecule has 0 saturated carbocycles. The highest BCUT2D eigenvalue weighted by Crippen LogP contribution is 2.29. The Balaban J connectivity index is 1.60. The maximum absolute atomic E-state index is 12.4. The van der Waals surface area contributed by atoms with Crippen molar-refractivity contribution in [3.05, 3.63) is 46.9 Å². The number of hydrogen-bond acceptors (Lipinski definition) is 3. The van der Waals surface area contributed by atoms with Gasteiger partial charge in [0.05, 0.1) is 0 Å². The van der Waals surface area contributed by atoms with Gasteiger partial charge in [-0.25, -0.2) is 0 Å². The fourth-order valence-electron chi connectivity index (χ4n) is 3.33. The lowest BCUT2D eigenvalue weighted by molar-refractivity contribution is -0.116. The van der Waals surface area contributed by atoms with Crippen LogP contribution in [0, 0.1) is 5.92 Å². The number of nitrogens with one attached hydrogen (secondary N) is 1. The van der Waals surface area contributed by atoms with Crippen LogP contribution in [-0.4, -0.2) is 17.6 Å². The van der Waals surface area contributed by atoms with Gasteiger partial charge in [0.25, 0.3) is 0 Å². The van der Waals surface area contributed by atoms with Crippen molar-refractivity contribution < 1.29 is 9.59 Å². The molecule has 0 spiro atoms. The second kappa shape index (κ2) is 11.9. The standard InChI is InChI=1S/C22H31NO2S/c1-2-3-4-5-6-9-15-23-21(24)14-16-26-22(25)20-13-12-18-10-7-8-11-19(18)17-20/h7-8,10-11,14,16,20H,2-6,9,12-13,15,17H2,1H3,(H,23,24)/b16-14-. The molecule has 0 heterocycles. The van der Waals surface area contributed by atoms with Gasteiger partial charge in [0.15, 0.2) is 5.12 Å².